The van der Waals surface area contributed by atoms with Crippen molar-refractivity contribution in [3.63, 3.8) is 0 Å². The molecule has 1 N–H and O–H groups in total. The first-order valence-electron chi connectivity index (χ1n) is 9.46. The van der Waals surface area contributed by atoms with Crippen LogP contribution >= 0.6 is 11.6 Å². The van der Waals surface area contributed by atoms with Gasteiger partial charge in [-0.3, -0.25) is 4.79 Å². The number of carbonyl (C=O) groups is 2. The summed E-state index contributed by atoms with van der Waals surface area (Å²) in [5.41, 5.74) is 0.787. The molecule has 0 spiro atoms. The van der Waals surface area contributed by atoms with E-state index in [9.17, 15) is 9.59 Å². The lowest BCUT2D eigenvalue weighted by Crippen LogP contribution is -2.56. The zero-order valence-electron chi connectivity index (χ0n) is 16.6. The fraction of sp³-hybridized carbons (Fsp3) is 0.318. The van der Waals surface area contributed by atoms with E-state index in [0.717, 1.165) is 0 Å². The molecule has 0 saturated carbocycles. The first-order chi connectivity index (χ1) is 13.9. The quantitative estimate of drug-likeness (QED) is 0.734. The molecule has 0 fully saturated rings. The van der Waals surface area contributed by atoms with Gasteiger partial charge in [0.25, 0.3) is 0 Å². The number of hydrogen-bond donors (Lipinski definition) is 1. The second kappa shape index (κ2) is 8.66. The monoisotopic (exact) mass is 414 g/mol. The van der Waals surface area contributed by atoms with Gasteiger partial charge in [0.1, 0.15) is 5.92 Å². The van der Waals surface area contributed by atoms with Crippen LogP contribution in [0.25, 0.3) is 0 Å². The van der Waals surface area contributed by atoms with Crippen molar-refractivity contribution in [2.45, 2.75) is 26.3 Å². The molecule has 0 aromatic heterocycles. The van der Waals surface area contributed by atoms with Crippen LogP contribution in [0.2, 0.25) is 5.02 Å². The Morgan fingerprint density at radius 2 is 1.79 bits per heavy atom. The number of ether oxygens (including phenoxy) is 2. The number of nitrogens with zero attached hydrogens (tertiary/aromatic N) is 1. The summed E-state index contributed by atoms with van der Waals surface area (Å²) < 4.78 is 10.7. The number of halogens is 1. The minimum Gasteiger partial charge on any atom is -0.465 e. The molecule has 3 rings (SSSR count). The molecule has 2 aromatic rings. The number of hydrogen-bond acceptors (Lipinski definition) is 6. The molecule has 0 bridgehead atoms. The third kappa shape index (κ3) is 4.12. The SMILES string of the molecule is CCOC(=O)C1C(c2ccccc2)=Nc2ccc(Cl)cc2NC1(C)C(=O)OCC. The average Bonchev–Trinajstić information content (AvgIpc) is 2.83. The number of esters is 2. The molecule has 6 nitrogen and oxygen atoms in total. The molecule has 0 radical (unpaired) electrons. The van der Waals surface area contributed by atoms with E-state index in [0.29, 0.717) is 27.7 Å². The Kier molecular flexibility index (Phi) is 6.23. The van der Waals surface area contributed by atoms with Gasteiger partial charge < -0.3 is 14.8 Å². The molecule has 2 unspecified atom stereocenters. The van der Waals surface area contributed by atoms with Crippen LogP contribution in [-0.2, 0) is 19.1 Å². The topological polar surface area (TPSA) is 77.0 Å². The average molecular weight is 415 g/mol. The van der Waals surface area contributed by atoms with Crippen LogP contribution in [0.1, 0.15) is 26.3 Å². The van der Waals surface area contributed by atoms with E-state index >= 15 is 0 Å². The molecule has 2 atom stereocenters. The van der Waals surface area contributed by atoms with Crippen LogP contribution in [0.4, 0.5) is 11.4 Å². The maximum absolute atomic E-state index is 13.1. The molecule has 1 aliphatic heterocycles. The van der Waals surface area contributed by atoms with Gasteiger partial charge in [-0.15, -0.1) is 0 Å². The number of nitrogens with one attached hydrogen (secondary N) is 1. The Morgan fingerprint density at radius 1 is 1.10 bits per heavy atom. The highest BCUT2D eigenvalue weighted by molar-refractivity contribution is 6.31. The van der Waals surface area contributed by atoms with E-state index in [4.69, 9.17) is 26.1 Å². The van der Waals surface area contributed by atoms with Crippen LogP contribution in [0.15, 0.2) is 53.5 Å². The molecule has 1 aliphatic rings. The third-order valence-corrected chi connectivity index (χ3v) is 4.97. The molecule has 7 heteroatoms. The van der Waals surface area contributed by atoms with Crippen LogP contribution < -0.4 is 5.32 Å². The van der Waals surface area contributed by atoms with Crippen molar-refractivity contribution in [3.8, 4) is 0 Å². The predicted molar refractivity (Wildman–Crippen MR) is 113 cm³/mol. The predicted octanol–water partition coefficient (Wildman–Crippen LogP) is 4.39. The summed E-state index contributed by atoms with van der Waals surface area (Å²) in [6.07, 6.45) is 0. The molecule has 0 aliphatic carbocycles. The minimum absolute atomic E-state index is 0.172. The zero-order valence-corrected chi connectivity index (χ0v) is 17.3. The Hall–Kier alpha value is -2.86. The van der Waals surface area contributed by atoms with Crippen molar-refractivity contribution < 1.29 is 19.1 Å². The van der Waals surface area contributed by atoms with Crippen LogP contribution in [0, 0.1) is 5.92 Å². The highest BCUT2D eigenvalue weighted by Crippen LogP contribution is 2.39. The lowest BCUT2D eigenvalue weighted by molar-refractivity contribution is -0.157. The van der Waals surface area contributed by atoms with Gasteiger partial charge in [0.15, 0.2) is 5.54 Å². The number of rotatable bonds is 5. The highest BCUT2D eigenvalue weighted by atomic mass is 35.5. The molecule has 1 heterocycles. The molecular weight excluding hydrogens is 392 g/mol. The lowest BCUT2D eigenvalue weighted by Gasteiger charge is -2.34. The molecule has 0 amide bonds. The second-order valence-corrected chi connectivity index (χ2v) is 7.19. The van der Waals surface area contributed by atoms with Crippen molar-refractivity contribution >= 4 is 40.6 Å². The highest BCUT2D eigenvalue weighted by Gasteiger charge is 2.52. The Balaban J connectivity index is 2.28. The molecule has 29 heavy (non-hydrogen) atoms. The number of benzene rings is 2. The first kappa shape index (κ1) is 20.9. The largest absolute Gasteiger partial charge is 0.465 e. The first-order valence-corrected chi connectivity index (χ1v) is 9.84. The van der Waals surface area contributed by atoms with E-state index in [1.54, 1.807) is 39.0 Å². The van der Waals surface area contributed by atoms with E-state index in [1.165, 1.54) is 0 Å². The van der Waals surface area contributed by atoms with E-state index < -0.39 is 23.4 Å². The van der Waals surface area contributed by atoms with Crippen molar-refractivity contribution in [3.05, 3.63) is 59.1 Å². The number of anilines is 1. The normalized spacial score (nSPS) is 20.6. The van der Waals surface area contributed by atoms with Gasteiger partial charge in [-0.2, -0.15) is 0 Å². The lowest BCUT2D eigenvalue weighted by atomic mass is 9.79. The van der Waals surface area contributed by atoms with Crippen LogP contribution in [0.3, 0.4) is 0 Å². The third-order valence-electron chi connectivity index (χ3n) is 4.74. The van der Waals surface area contributed by atoms with Gasteiger partial charge in [-0.1, -0.05) is 41.9 Å². The Labute approximate surface area is 174 Å². The van der Waals surface area contributed by atoms with E-state index in [-0.39, 0.29) is 13.2 Å². The fourth-order valence-electron chi connectivity index (χ4n) is 3.39. The van der Waals surface area contributed by atoms with Gasteiger partial charge in [0, 0.05) is 5.02 Å². The van der Waals surface area contributed by atoms with Gasteiger partial charge >= 0.3 is 11.9 Å². The van der Waals surface area contributed by atoms with E-state index in [1.807, 2.05) is 30.3 Å². The summed E-state index contributed by atoms with van der Waals surface area (Å²) in [5, 5.41) is 3.66. The molecule has 152 valence electrons. The summed E-state index contributed by atoms with van der Waals surface area (Å²) in [6, 6.07) is 14.4. The number of carbonyl (C=O) groups excluding carboxylic acids is 2. The van der Waals surface area contributed by atoms with Gasteiger partial charge in [0.05, 0.1) is 30.3 Å². The van der Waals surface area contributed by atoms with Crippen molar-refractivity contribution in [1.82, 2.24) is 0 Å². The summed E-state index contributed by atoms with van der Waals surface area (Å²) in [6.45, 7) is 5.41. The van der Waals surface area contributed by atoms with E-state index in [2.05, 4.69) is 5.32 Å². The zero-order chi connectivity index (χ0) is 21.0. The smallest absolute Gasteiger partial charge is 0.332 e. The molecule has 0 saturated heterocycles. The number of aliphatic imine (C=N–C) groups is 1. The van der Waals surface area contributed by atoms with Crippen molar-refractivity contribution in [1.29, 1.82) is 0 Å². The van der Waals surface area contributed by atoms with Gasteiger partial charge in [0.2, 0.25) is 0 Å². The Bertz CT molecular complexity index is 945. The fourth-order valence-corrected chi connectivity index (χ4v) is 3.56. The summed E-state index contributed by atoms with van der Waals surface area (Å²) >= 11 is 6.17. The summed E-state index contributed by atoms with van der Waals surface area (Å²) in [7, 11) is 0. The maximum Gasteiger partial charge on any atom is 0.332 e. The van der Waals surface area contributed by atoms with Crippen LogP contribution in [0.5, 0.6) is 0 Å². The van der Waals surface area contributed by atoms with Crippen molar-refractivity contribution in [2.75, 3.05) is 18.5 Å². The second-order valence-electron chi connectivity index (χ2n) is 6.76. The van der Waals surface area contributed by atoms with Gasteiger partial charge in [-0.05, 0) is 44.5 Å². The maximum atomic E-state index is 13.1. The van der Waals surface area contributed by atoms with Gasteiger partial charge in [-0.25, -0.2) is 9.79 Å². The summed E-state index contributed by atoms with van der Waals surface area (Å²) in [5.74, 6) is -2.17. The molecule has 2 aromatic carbocycles. The van der Waals surface area contributed by atoms with Crippen molar-refractivity contribution in [2.24, 2.45) is 10.9 Å². The standard InChI is InChI=1S/C22H23ClN2O4/c1-4-28-20(26)18-19(14-9-7-6-8-10-14)24-16-12-11-15(23)13-17(16)25-22(18,3)21(27)29-5-2/h6-13,18,25H,4-5H2,1-3H3. The number of fused-ring (bicyclic) bond motifs is 1. The molecular formula is C22H23ClN2O4. The Morgan fingerprint density at radius 3 is 2.45 bits per heavy atom. The summed E-state index contributed by atoms with van der Waals surface area (Å²) in [4.78, 5) is 30.9. The minimum atomic E-state index is -1.45. The van der Waals surface area contributed by atoms with Crippen LogP contribution in [-0.4, -0.2) is 36.4 Å².